The summed E-state index contributed by atoms with van der Waals surface area (Å²) in [6.45, 7) is 6.61. The number of hydrogen-bond donors (Lipinski definition) is 2. The number of benzene rings is 1. The van der Waals surface area contributed by atoms with E-state index in [2.05, 4.69) is 61.5 Å². The van der Waals surface area contributed by atoms with Gasteiger partial charge >= 0.3 is 0 Å². The van der Waals surface area contributed by atoms with Gasteiger partial charge < -0.3 is 10.3 Å². The van der Waals surface area contributed by atoms with Gasteiger partial charge in [0.1, 0.15) is 0 Å². The third-order valence-electron chi connectivity index (χ3n) is 2.94. The molecule has 1 aromatic heterocycles. The predicted molar refractivity (Wildman–Crippen MR) is 69.6 cm³/mol. The first-order valence-corrected chi connectivity index (χ1v) is 6.04. The van der Waals surface area contributed by atoms with E-state index < -0.39 is 0 Å². The quantitative estimate of drug-likeness (QED) is 0.802. The van der Waals surface area contributed by atoms with Crippen LogP contribution in [0.1, 0.15) is 38.8 Å². The Labute approximate surface area is 97.1 Å². The molecule has 0 saturated carbocycles. The number of hydrogen-bond acceptors (Lipinski definition) is 1. The van der Waals surface area contributed by atoms with Gasteiger partial charge in [0.05, 0.1) is 0 Å². The van der Waals surface area contributed by atoms with Crippen LogP contribution in [-0.2, 0) is 0 Å². The summed E-state index contributed by atoms with van der Waals surface area (Å²) in [6.07, 6.45) is 3.24. The fourth-order valence-corrected chi connectivity index (χ4v) is 2.21. The maximum atomic E-state index is 3.60. The number of rotatable bonds is 4. The Morgan fingerprint density at radius 3 is 2.69 bits per heavy atom. The molecule has 86 valence electrons. The summed E-state index contributed by atoms with van der Waals surface area (Å²) >= 11 is 0. The number of nitrogens with one attached hydrogen (secondary N) is 2. The Hall–Kier alpha value is -1.28. The zero-order valence-electron chi connectivity index (χ0n) is 10.2. The molecule has 0 aliphatic carbocycles. The van der Waals surface area contributed by atoms with Crippen molar-refractivity contribution >= 4 is 10.9 Å². The molecule has 0 amide bonds. The van der Waals surface area contributed by atoms with Crippen molar-refractivity contribution in [3.05, 3.63) is 36.0 Å². The highest BCUT2D eigenvalue weighted by atomic mass is 14.9. The van der Waals surface area contributed by atoms with Crippen molar-refractivity contribution in [2.75, 3.05) is 0 Å². The minimum Gasteiger partial charge on any atom is -0.361 e. The molecular formula is C14H20N2. The first-order chi connectivity index (χ1) is 7.72. The molecule has 2 aromatic rings. The first-order valence-electron chi connectivity index (χ1n) is 6.04. The Bertz CT molecular complexity index is 456. The number of aromatic nitrogens is 1. The largest absolute Gasteiger partial charge is 0.361 e. The lowest BCUT2D eigenvalue weighted by Gasteiger charge is -2.19. The highest BCUT2D eigenvalue weighted by Crippen LogP contribution is 2.26. The van der Waals surface area contributed by atoms with E-state index in [4.69, 9.17) is 0 Å². The second kappa shape index (κ2) is 4.71. The molecule has 0 fully saturated rings. The molecule has 0 aliphatic heterocycles. The van der Waals surface area contributed by atoms with Crippen LogP contribution in [0.25, 0.3) is 10.9 Å². The molecule has 0 aliphatic rings. The molecule has 16 heavy (non-hydrogen) atoms. The van der Waals surface area contributed by atoms with E-state index in [0.717, 1.165) is 6.42 Å². The Kier molecular flexibility index (Phi) is 3.30. The van der Waals surface area contributed by atoms with Gasteiger partial charge in [-0.15, -0.1) is 0 Å². The molecule has 0 saturated heterocycles. The Morgan fingerprint density at radius 2 is 2.00 bits per heavy atom. The van der Waals surface area contributed by atoms with E-state index in [0.29, 0.717) is 12.1 Å². The summed E-state index contributed by atoms with van der Waals surface area (Å²) in [5.74, 6) is 0. The minimum atomic E-state index is 0.441. The van der Waals surface area contributed by atoms with E-state index in [9.17, 15) is 0 Å². The highest BCUT2D eigenvalue weighted by Gasteiger charge is 2.14. The second-order valence-electron chi connectivity index (χ2n) is 4.57. The van der Waals surface area contributed by atoms with Gasteiger partial charge in [-0.2, -0.15) is 0 Å². The van der Waals surface area contributed by atoms with Gasteiger partial charge in [-0.3, -0.25) is 0 Å². The molecule has 0 bridgehead atoms. The van der Waals surface area contributed by atoms with Crippen LogP contribution in [0.15, 0.2) is 30.5 Å². The monoisotopic (exact) mass is 216 g/mol. The average molecular weight is 216 g/mol. The molecule has 2 N–H and O–H groups in total. The molecule has 1 aromatic carbocycles. The zero-order valence-corrected chi connectivity index (χ0v) is 10.2. The lowest BCUT2D eigenvalue weighted by Crippen LogP contribution is -2.27. The van der Waals surface area contributed by atoms with Crippen LogP contribution >= 0.6 is 0 Å². The third-order valence-corrected chi connectivity index (χ3v) is 2.94. The van der Waals surface area contributed by atoms with Crippen molar-refractivity contribution in [2.24, 2.45) is 0 Å². The van der Waals surface area contributed by atoms with Gasteiger partial charge in [0.2, 0.25) is 0 Å². The van der Waals surface area contributed by atoms with Crippen molar-refractivity contribution < 1.29 is 0 Å². The molecular weight excluding hydrogens is 196 g/mol. The summed E-state index contributed by atoms with van der Waals surface area (Å²) in [4.78, 5) is 3.34. The standard InChI is InChI=1S/C14H20N2/c1-4-13(16-10(2)3)12-9-15-14-8-6-5-7-11(12)14/h5-10,13,15-16H,4H2,1-3H3. The maximum absolute atomic E-state index is 3.60. The zero-order chi connectivity index (χ0) is 11.5. The number of aromatic amines is 1. The van der Waals surface area contributed by atoms with Gasteiger partial charge in [0.25, 0.3) is 0 Å². The third kappa shape index (κ3) is 2.12. The summed E-state index contributed by atoms with van der Waals surface area (Å²) in [5.41, 5.74) is 2.60. The molecule has 1 unspecified atom stereocenters. The van der Waals surface area contributed by atoms with Crippen LogP contribution < -0.4 is 5.32 Å². The van der Waals surface area contributed by atoms with Gasteiger partial charge in [-0.1, -0.05) is 39.0 Å². The Balaban J connectivity index is 2.37. The predicted octanol–water partition coefficient (Wildman–Crippen LogP) is 3.62. The fraction of sp³-hybridized carbons (Fsp3) is 0.429. The molecule has 2 nitrogen and oxygen atoms in total. The minimum absolute atomic E-state index is 0.441. The van der Waals surface area contributed by atoms with E-state index in [1.165, 1.54) is 16.5 Å². The van der Waals surface area contributed by atoms with Crippen LogP contribution in [0, 0.1) is 0 Å². The van der Waals surface area contributed by atoms with E-state index in [1.54, 1.807) is 0 Å². The number of fused-ring (bicyclic) bond motifs is 1. The van der Waals surface area contributed by atoms with Gasteiger partial charge in [-0.05, 0) is 18.1 Å². The molecule has 1 heterocycles. The summed E-state index contributed by atoms with van der Waals surface area (Å²) in [5, 5.41) is 4.94. The molecule has 2 heteroatoms. The smallest absolute Gasteiger partial charge is 0.0457 e. The van der Waals surface area contributed by atoms with E-state index in [-0.39, 0.29) is 0 Å². The maximum Gasteiger partial charge on any atom is 0.0457 e. The lowest BCUT2D eigenvalue weighted by atomic mass is 10.0. The van der Waals surface area contributed by atoms with Crippen molar-refractivity contribution in [2.45, 2.75) is 39.3 Å². The fourth-order valence-electron chi connectivity index (χ4n) is 2.21. The van der Waals surface area contributed by atoms with E-state index in [1.807, 2.05) is 0 Å². The van der Waals surface area contributed by atoms with Crippen molar-refractivity contribution in [1.82, 2.24) is 10.3 Å². The highest BCUT2D eigenvalue weighted by molar-refractivity contribution is 5.83. The summed E-state index contributed by atoms with van der Waals surface area (Å²) < 4.78 is 0. The van der Waals surface area contributed by atoms with Crippen LogP contribution in [0.4, 0.5) is 0 Å². The normalized spacial score (nSPS) is 13.5. The van der Waals surface area contributed by atoms with Crippen LogP contribution in [0.5, 0.6) is 0 Å². The molecule has 2 rings (SSSR count). The molecule has 0 spiro atoms. The van der Waals surface area contributed by atoms with Crippen LogP contribution in [0.2, 0.25) is 0 Å². The van der Waals surface area contributed by atoms with E-state index >= 15 is 0 Å². The number of H-pyrrole nitrogens is 1. The topological polar surface area (TPSA) is 27.8 Å². The number of para-hydroxylation sites is 1. The second-order valence-corrected chi connectivity index (χ2v) is 4.57. The molecule has 0 radical (unpaired) electrons. The van der Waals surface area contributed by atoms with Crippen molar-refractivity contribution in [1.29, 1.82) is 0 Å². The Morgan fingerprint density at radius 1 is 1.25 bits per heavy atom. The van der Waals surface area contributed by atoms with Gasteiger partial charge in [0, 0.05) is 29.2 Å². The van der Waals surface area contributed by atoms with Gasteiger partial charge in [-0.25, -0.2) is 0 Å². The SMILES string of the molecule is CCC(NC(C)C)c1c[nH]c2ccccc12. The van der Waals surface area contributed by atoms with Crippen LogP contribution in [-0.4, -0.2) is 11.0 Å². The molecule has 1 atom stereocenters. The van der Waals surface area contributed by atoms with Crippen molar-refractivity contribution in [3.63, 3.8) is 0 Å². The van der Waals surface area contributed by atoms with Crippen molar-refractivity contribution in [3.8, 4) is 0 Å². The average Bonchev–Trinajstić information content (AvgIpc) is 2.69. The van der Waals surface area contributed by atoms with Crippen LogP contribution in [0.3, 0.4) is 0 Å². The summed E-state index contributed by atoms with van der Waals surface area (Å²) in [6, 6.07) is 9.43. The lowest BCUT2D eigenvalue weighted by molar-refractivity contribution is 0.469. The van der Waals surface area contributed by atoms with Gasteiger partial charge in [0.15, 0.2) is 0 Å². The first kappa shape index (κ1) is 11.2. The summed E-state index contributed by atoms with van der Waals surface area (Å²) in [7, 11) is 0.